The third-order valence-electron chi connectivity index (χ3n) is 9.76. The van der Waals surface area contributed by atoms with Crippen molar-refractivity contribution in [2.75, 3.05) is 6.54 Å². The molecule has 0 aliphatic heterocycles. The van der Waals surface area contributed by atoms with E-state index in [0.717, 1.165) is 49.7 Å². The first kappa shape index (κ1) is 37.2. The number of ketones is 1. The molecule has 0 radical (unpaired) electrons. The minimum atomic E-state index is -3.17. The highest BCUT2D eigenvalue weighted by Gasteiger charge is 2.40. The lowest BCUT2D eigenvalue weighted by atomic mass is 9.62. The van der Waals surface area contributed by atoms with Crippen LogP contribution >= 0.6 is 0 Å². The summed E-state index contributed by atoms with van der Waals surface area (Å²) in [7, 11) is 0. The molecule has 2 aliphatic carbocycles. The van der Waals surface area contributed by atoms with E-state index in [1.54, 1.807) is 12.1 Å². The zero-order valence-corrected chi connectivity index (χ0v) is 28.1. The van der Waals surface area contributed by atoms with Crippen LogP contribution in [-0.4, -0.2) is 54.8 Å². The summed E-state index contributed by atoms with van der Waals surface area (Å²) in [4.78, 5) is 39.8. The molecule has 1 amide bonds. The van der Waals surface area contributed by atoms with Crippen LogP contribution in [-0.2, 0) is 28.5 Å². The Kier molecular flexibility index (Phi) is 11.2. The standard InChI is InChI=1S/C19H18F3N3O2.C18H15F3N4O/c20-14-4-2-13(3-5-14)19(6-1-7-19)8-16-23-9-12(10-24-16)15(26)11-25-18(27)17(21)22;19-13-4-2-12(3-5-13)18(6-1-7-18)8-14-22-9-11(10-23-14)16-24-25-17(26-16)15(20)21/h2-5,9-10,17H,1,6-8,11H2,(H,25,27);2-5,9-10,15H,1,6-8H2. The van der Waals surface area contributed by atoms with Crippen molar-refractivity contribution in [3.05, 3.63) is 119 Å². The van der Waals surface area contributed by atoms with Gasteiger partial charge in [-0.2, -0.15) is 17.6 Å². The third-order valence-corrected chi connectivity index (χ3v) is 9.76. The Morgan fingerprint density at radius 3 is 1.57 bits per heavy atom. The molecule has 7 rings (SSSR count). The molecule has 2 saturated carbocycles. The zero-order chi connectivity index (χ0) is 37.6. The fraction of sp³-hybridized carbons (Fsp3) is 0.351. The van der Waals surface area contributed by atoms with Crippen LogP contribution in [0.5, 0.6) is 0 Å². The number of halogens is 6. The van der Waals surface area contributed by atoms with Gasteiger partial charge in [0.2, 0.25) is 0 Å². The van der Waals surface area contributed by atoms with E-state index in [9.17, 15) is 35.9 Å². The molecule has 2 aliphatic rings. The highest BCUT2D eigenvalue weighted by molar-refractivity contribution is 5.99. The van der Waals surface area contributed by atoms with Gasteiger partial charge in [-0.3, -0.25) is 9.59 Å². The van der Waals surface area contributed by atoms with Crippen LogP contribution in [0.15, 0.2) is 77.7 Å². The highest BCUT2D eigenvalue weighted by Crippen LogP contribution is 2.46. The Balaban J connectivity index is 0.000000181. The summed E-state index contributed by atoms with van der Waals surface area (Å²) in [5.41, 5.74) is 2.42. The molecule has 0 spiro atoms. The molecule has 0 saturated heterocycles. The molecule has 1 N–H and O–H groups in total. The number of rotatable bonds is 12. The molecule has 16 heteroatoms. The van der Waals surface area contributed by atoms with Gasteiger partial charge in [0.25, 0.3) is 17.7 Å². The van der Waals surface area contributed by atoms with E-state index in [0.29, 0.717) is 30.1 Å². The minimum Gasteiger partial charge on any atom is -0.415 e. The van der Waals surface area contributed by atoms with E-state index in [2.05, 4.69) is 30.1 Å². The summed E-state index contributed by atoms with van der Waals surface area (Å²) >= 11 is 0. The number of benzene rings is 2. The third kappa shape index (κ3) is 8.75. The van der Waals surface area contributed by atoms with E-state index >= 15 is 0 Å². The van der Waals surface area contributed by atoms with Gasteiger partial charge in [0.15, 0.2) is 5.78 Å². The molecule has 0 unspecified atom stereocenters. The predicted molar refractivity (Wildman–Crippen MR) is 177 cm³/mol. The Labute approximate surface area is 299 Å². The number of hydrogen-bond donors (Lipinski definition) is 1. The van der Waals surface area contributed by atoms with Crippen LogP contribution < -0.4 is 5.32 Å². The molecule has 2 aromatic carbocycles. The molecule has 3 heterocycles. The van der Waals surface area contributed by atoms with Crippen molar-refractivity contribution in [3.63, 3.8) is 0 Å². The first-order chi connectivity index (χ1) is 25.4. The molecular weight excluding hydrogens is 704 g/mol. The van der Waals surface area contributed by atoms with Crippen LogP contribution in [0.25, 0.3) is 11.5 Å². The number of carbonyl (C=O) groups excluding carboxylic acids is 2. The van der Waals surface area contributed by atoms with Crippen molar-refractivity contribution in [3.8, 4) is 11.5 Å². The van der Waals surface area contributed by atoms with Gasteiger partial charge in [-0.15, -0.1) is 10.2 Å². The maximum atomic E-state index is 13.2. The van der Waals surface area contributed by atoms with E-state index in [1.165, 1.54) is 49.1 Å². The number of Topliss-reactive ketones (excluding diaryl/α,β-unsaturated/α-hetero) is 1. The molecule has 0 bridgehead atoms. The second kappa shape index (κ2) is 16.0. The molecule has 3 aromatic heterocycles. The van der Waals surface area contributed by atoms with Gasteiger partial charge >= 0.3 is 12.9 Å². The second-order valence-corrected chi connectivity index (χ2v) is 13.1. The normalized spacial score (nSPS) is 15.5. The maximum absolute atomic E-state index is 13.2. The topological polar surface area (TPSA) is 137 Å². The summed E-state index contributed by atoms with van der Waals surface area (Å²) in [6, 6.07) is 13.0. The van der Waals surface area contributed by atoms with Crippen LogP contribution in [0, 0.1) is 11.6 Å². The largest absolute Gasteiger partial charge is 0.415 e. The van der Waals surface area contributed by atoms with E-state index in [-0.39, 0.29) is 33.9 Å². The quantitative estimate of drug-likeness (QED) is 0.105. The van der Waals surface area contributed by atoms with Crippen molar-refractivity contribution in [1.82, 2.24) is 35.5 Å². The fourth-order valence-electron chi connectivity index (χ4n) is 6.49. The van der Waals surface area contributed by atoms with Crippen LogP contribution in [0.3, 0.4) is 0 Å². The molecule has 0 atom stereocenters. The smallest absolute Gasteiger partial charge is 0.315 e. The Hall–Kier alpha value is -5.54. The zero-order valence-electron chi connectivity index (χ0n) is 28.1. The number of nitrogens with one attached hydrogen (secondary N) is 1. The van der Waals surface area contributed by atoms with Gasteiger partial charge < -0.3 is 9.73 Å². The van der Waals surface area contributed by atoms with Crippen molar-refractivity contribution in [2.45, 2.75) is 75.0 Å². The van der Waals surface area contributed by atoms with E-state index in [1.807, 2.05) is 17.4 Å². The molecule has 2 fully saturated rings. The summed E-state index contributed by atoms with van der Waals surface area (Å²) in [5, 5.41) is 8.73. The summed E-state index contributed by atoms with van der Waals surface area (Å²) in [5.74, 6) is -2.17. The Morgan fingerprint density at radius 1 is 0.698 bits per heavy atom. The first-order valence-electron chi connectivity index (χ1n) is 16.8. The van der Waals surface area contributed by atoms with Gasteiger partial charge in [-0.25, -0.2) is 28.7 Å². The van der Waals surface area contributed by atoms with Crippen LogP contribution in [0.1, 0.15) is 84.0 Å². The van der Waals surface area contributed by atoms with Gasteiger partial charge in [0.05, 0.1) is 17.7 Å². The molecule has 53 heavy (non-hydrogen) atoms. The first-order valence-corrected chi connectivity index (χ1v) is 16.8. The predicted octanol–water partition coefficient (Wildman–Crippen LogP) is 7.11. The number of alkyl halides is 4. The average molecular weight is 738 g/mol. The monoisotopic (exact) mass is 737 g/mol. The summed E-state index contributed by atoms with van der Waals surface area (Å²) < 4.78 is 80.6. The summed E-state index contributed by atoms with van der Waals surface area (Å²) in [6.07, 6.45) is 6.90. The number of carbonyl (C=O) groups is 2. The number of nitrogens with zero attached hydrogens (tertiary/aromatic N) is 6. The second-order valence-electron chi connectivity index (χ2n) is 13.1. The lowest BCUT2D eigenvalue weighted by Gasteiger charge is -2.42. The maximum Gasteiger partial charge on any atom is 0.315 e. The number of hydrogen-bond acceptors (Lipinski definition) is 9. The van der Waals surface area contributed by atoms with Crippen LogP contribution in [0.4, 0.5) is 26.3 Å². The lowest BCUT2D eigenvalue weighted by Crippen LogP contribution is -2.37. The van der Waals surface area contributed by atoms with Crippen molar-refractivity contribution >= 4 is 11.7 Å². The SMILES string of the molecule is Fc1ccc(C2(Cc3ncc(-c4nnc(C(F)F)o4)cn3)CCC2)cc1.O=C(CNC(=O)C(F)F)c1cnc(CC2(c3ccc(F)cc3)CCC2)nc1. The minimum absolute atomic E-state index is 0.0382. The summed E-state index contributed by atoms with van der Waals surface area (Å²) in [6.45, 7) is -0.536. The number of aromatic nitrogens is 6. The van der Waals surface area contributed by atoms with Crippen molar-refractivity contribution in [2.24, 2.45) is 0 Å². The van der Waals surface area contributed by atoms with Crippen molar-refractivity contribution in [1.29, 1.82) is 0 Å². The van der Waals surface area contributed by atoms with Gasteiger partial charge in [-0.05, 0) is 61.1 Å². The Morgan fingerprint density at radius 2 is 1.17 bits per heavy atom. The highest BCUT2D eigenvalue weighted by atomic mass is 19.3. The van der Waals surface area contributed by atoms with Gasteiger partial charge in [0.1, 0.15) is 23.3 Å². The average Bonchev–Trinajstić information content (AvgIpc) is 3.63. The lowest BCUT2D eigenvalue weighted by molar-refractivity contribution is -0.131. The number of amides is 1. The fourth-order valence-corrected chi connectivity index (χ4v) is 6.49. The van der Waals surface area contributed by atoms with E-state index < -0.39 is 37.0 Å². The Bertz CT molecular complexity index is 2000. The molecule has 276 valence electrons. The van der Waals surface area contributed by atoms with Gasteiger partial charge in [0, 0.05) is 48.5 Å². The molecular formula is C37H33F6N7O3. The molecule has 5 aromatic rings. The molecule has 10 nitrogen and oxygen atoms in total. The van der Waals surface area contributed by atoms with Crippen LogP contribution in [0.2, 0.25) is 0 Å². The van der Waals surface area contributed by atoms with Crippen molar-refractivity contribution < 1.29 is 40.3 Å². The van der Waals surface area contributed by atoms with Gasteiger partial charge in [-0.1, -0.05) is 37.1 Å². The van der Waals surface area contributed by atoms with E-state index in [4.69, 9.17) is 4.42 Å².